The highest BCUT2D eigenvalue weighted by Crippen LogP contribution is 2.58. The molecule has 0 bridgehead atoms. The van der Waals surface area contributed by atoms with Crippen LogP contribution in [0.1, 0.15) is 71.1 Å². The quantitative estimate of drug-likeness (QED) is 0.589. The van der Waals surface area contributed by atoms with Crippen LogP contribution in [0.2, 0.25) is 0 Å². The molecule has 3 aliphatic heterocycles. The van der Waals surface area contributed by atoms with Crippen molar-refractivity contribution >= 4 is 0 Å². The molecule has 35 heavy (non-hydrogen) atoms. The summed E-state index contributed by atoms with van der Waals surface area (Å²) < 4.78 is 11.9. The van der Waals surface area contributed by atoms with Crippen LogP contribution >= 0.6 is 0 Å². The van der Waals surface area contributed by atoms with Gasteiger partial charge in [-0.05, 0) is 101 Å². The number of likely N-dealkylation sites (N-methyl/N-ethyl adjacent to an activating group) is 1. The third-order valence-electron chi connectivity index (χ3n) is 11.3. The Hall–Kier alpha value is -0.240. The molecule has 0 aromatic carbocycles. The number of aliphatic hydroxyl groups excluding tert-OH is 1. The van der Waals surface area contributed by atoms with Crippen molar-refractivity contribution in [2.75, 3.05) is 60.6 Å². The van der Waals surface area contributed by atoms with E-state index < -0.39 is 0 Å². The van der Waals surface area contributed by atoms with Gasteiger partial charge in [-0.1, -0.05) is 19.8 Å². The van der Waals surface area contributed by atoms with Crippen molar-refractivity contribution in [3.63, 3.8) is 0 Å². The third-order valence-corrected chi connectivity index (χ3v) is 11.3. The predicted molar refractivity (Wildman–Crippen MR) is 141 cm³/mol. The van der Waals surface area contributed by atoms with Crippen molar-refractivity contribution in [3.05, 3.63) is 0 Å². The topological polar surface area (TPSA) is 48.4 Å². The first-order chi connectivity index (χ1) is 17.0. The summed E-state index contributed by atoms with van der Waals surface area (Å²) in [6.45, 7) is 8.61. The molecule has 5 aliphatic rings. The maximum absolute atomic E-state index is 10.9. The molecule has 3 saturated heterocycles. The Bertz CT molecular complexity index is 684. The molecule has 1 N–H and O–H groups in total. The van der Waals surface area contributed by atoms with Gasteiger partial charge in [0.2, 0.25) is 0 Å². The Morgan fingerprint density at radius 2 is 1.77 bits per heavy atom. The standard InChI is InChI=1S/C29H53N3O3/c1-5-14-31-15-12-29(13-16-31)20-32(18-21-8-6-7-9-26(21)35-4)25(19-33)28-27(29)23-11-10-22(34-3)17-24(23)30(28)2/h21-28,33H,5-20H2,1-4H3/t21?,22?,23?,24?,25-,26?,27?,28?/m1/s1. The molecule has 2 aliphatic carbocycles. The Morgan fingerprint density at radius 1 is 1.00 bits per heavy atom. The Balaban J connectivity index is 1.44. The minimum absolute atomic E-state index is 0.246. The molecule has 5 rings (SSSR count). The van der Waals surface area contributed by atoms with Crippen molar-refractivity contribution in [2.24, 2.45) is 23.2 Å². The number of piperidine rings is 2. The second-order valence-corrected chi connectivity index (χ2v) is 12.8. The lowest BCUT2D eigenvalue weighted by molar-refractivity contribution is -0.109. The molecule has 6 heteroatoms. The Labute approximate surface area is 214 Å². The van der Waals surface area contributed by atoms with Gasteiger partial charge in [-0.15, -0.1) is 0 Å². The highest BCUT2D eigenvalue weighted by Gasteiger charge is 2.63. The van der Waals surface area contributed by atoms with Gasteiger partial charge in [-0.3, -0.25) is 9.80 Å². The smallest absolute Gasteiger partial charge is 0.0611 e. The second kappa shape index (κ2) is 11.2. The number of likely N-dealkylation sites (tertiary alicyclic amines) is 3. The number of hydrogen-bond acceptors (Lipinski definition) is 6. The molecular formula is C29H53N3O3. The van der Waals surface area contributed by atoms with E-state index in [9.17, 15) is 5.11 Å². The molecule has 7 unspecified atom stereocenters. The van der Waals surface area contributed by atoms with Gasteiger partial charge in [-0.2, -0.15) is 0 Å². The van der Waals surface area contributed by atoms with E-state index in [-0.39, 0.29) is 12.6 Å². The monoisotopic (exact) mass is 491 g/mol. The molecule has 0 aromatic heterocycles. The number of aliphatic hydroxyl groups is 1. The minimum Gasteiger partial charge on any atom is -0.395 e. The average Bonchev–Trinajstić information content (AvgIpc) is 3.18. The number of rotatable bonds is 7. The van der Waals surface area contributed by atoms with E-state index in [1.54, 1.807) is 0 Å². The molecule has 3 heterocycles. The van der Waals surface area contributed by atoms with Gasteiger partial charge < -0.3 is 19.5 Å². The van der Waals surface area contributed by atoms with Gasteiger partial charge in [0.25, 0.3) is 0 Å². The first-order valence-corrected chi connectivity index (χ1v) is 14.9. The summed E-state index contributed by atoms with van der Waals surface area (Å²) in [6, 6.07) is 1.31. The fourth-order valence-corrected chi connectivity index (χ4v) is 9.58. The van der Waals surface area contributed by atoms with Crippen molar-refractivity contribution in [1.29, 1.82) is 0 Å². The Kier molecular flexibility index (Phi) is 8.47. The Morgan fingerprint density at radius 3 is 2.46 bits per heavy atom. The number of hydrogen-bond donors (Lipinski definition) is 1. The maximum Gasteiger partial charge on any atom is 0.0611 e. The molecule has 8 atom stereocenters. The first kappa shape index (κ1) is 26.4. The zero-order chi connectivity index (χ0) is 24.6. The van der Waals surface area contributed by atoms with Crippen molar-refractivity contribution in [2.45, 2.75) is 101 Å². The first-order valence-electron chi connectivity index (χ1n) is 14.9. The number of ether oxygens (including phenoxy) is 2. The summed E-state index contributed by atoms with van der Waals surface area (Å²) in [4.78, 5) is 8.20. The van der Waals surface area contributed by atoms with Crippen LogP contribution in [0.5, 0.6) is 0 Å². The van der Waals surface area contributed by atoms with Gasteiger partial charge in [0.1, 0.15) is 0 Å². The minimum atomic E-state index is 0.246. The van der Waals surface area contributed by atoms with Crippen LogP contribution in [0.25, 0.3) is 0 Å². The average molecular weight is 492 g/mol. The van der Waals surface area contributed by atoms with Crippen molar-refractivity contribution < 1.29 is 14.6 Å². The number of fused-ring (bicyclic) bond motifs is 4. The highest BCUT2D eigenvalue weighted by atomic mass is 16.5. The van der Waals surface area contributed by atoms with Gasteiger partial charge in [0.05, 0.1) is 18.8 Å². The summed E-state index contributed by atoms with van der Waals surface area (Å²) >= 11 is 0. The van der Waals surface area contributed by atoms with E-state index in [4.69, 9.17) is 9.47 Å². The third kappa shape index (κ3) is 4.85. The van der Waals surface area contributed by atoms with Crippen molar-refractivity contribution in [3.8, 4) is 0 Å². The van der Waals surface area contributed by atoms with Crippen LogP contribution in [0, 0.1) is 23.2 Å². The molecule has 5 fully saturated rings. The van der Waals surface area contributed by atoms with E-state index in [0.29, 0.717) is 41.5 Å². The van der Waals surface area contributed by atoms with Crippen LogP contribution in [-0.4, -0.2) is 111 Å². The predicted octanol–water partition coefficient (Wildman–Crippen LogP) is 3.47. The molecule has 6 nitrogen and oxygen atoms in total. The van der Waals surface area contributed by atoms with Gasteiger partial charge in [0, 0.05) is 45.4 Å². The maximum atomic E-state index is 10.9. The second-order valence-electron chi connectivity index (χ2n) is 12.8. The molecule has 0 radical (unpaired) electrons. The normalized spacial score (nSPS) is 42.8. The van der Waals surface area contributed by atoms with Crippen LogP contribution in [0.4, 0.5) is 0 Å². The van der Waals surface area contributed by atoms with Crippen LogP contribution in [0.15, 0.2) is 0 Å². The van der Waals surface area contributed by atoms with Crippen LogP contribution < -0.4 is 0 Å². The SMILES string of the molecule is CCCN1CCC2(CC1)CN(CC1CCCCC1OC)[C@H](CO)C1C2C2CCC(OC)CC2N1C. The fourth-order valence-electron chi connectivity index (χ4n) is 9.58. The van der Waals surface area contributed by atoms with Gasteiger partial charge >= 0.3 is 0 Å². The summed E-state index contributed by atoms with van der Waals surface area (Å²) in [5.41, 5.74) is 0.380. The molecule has 202 valence electrons. The molecule has 1 spiro atoms. The lowest BCUT2D eigenvalue weighted by Crippen LogP contribution is -2.67. The van der Waals surface area contributed by atoms with Gasteiger partial charge in [-0.25, -0.2) is 0 Å². The zero-order valence-corrected chi connectivity index (χ0v) is 23.0. The molecule has 0 amide bonds. The van der Waals surface area contributed by atoms with E-state index in [1.165, 1.54) is 84.0 Å². The lowest BCUT2D eigenvalue weighted by Gasteiger charge is -2.59. The van der Waals surface area contributed by atoms with Crippen molar-refractivity contribution in [1.82, 2.24) is 14.7 Å². The lowest BCUT2D eigenvalue weighted by atomic mass is 9.57. The summed E-state index contributed by atoms with van der Waals surface area (Å²) in [6.07, 6.45) is 13.4. The van der Waals surface area contributed by atoms with Gasteiger partial charge in [0.15, 0.2) is 0 Å². The zero-order valence-electron chi connectivity index (χ0n) is 23.0. The molecular weight excluding hydrogens is 438 g/mol. The number of methoxy groups -OCH3 is 2. The summed E-state index contributed by atoms with van der Waals surface area (Å²) in [7, 11) is 6.18. The number of nitrogens with zero attached hydrogens (tertiary/aromatic N) is 3. The van der Waals surface area contributed by atoms with Crippen LogP contribution in [-0.2, 0) is 9.47 Å². The van der Waals surface area contributed by atoms with E-state index >= 15 is 0 Å². The molecule has 0 aromatic rings. The summed E-state index contributed by atoms with van der Waals surface area (Å²) in [5.74, 6) is 2.06. The fraction of sp³-hybridized carbons (Fsp3) is 1.00. The van der Waals surface area contributed by atoms with E-state index in [2.05, 4.69) is 28.7 Å². The largest absolute Gasteiger partial charge is 0.395 e. The molecule has 2 saturated carbocycles. The van der Waals surface area contributed by atoms with E-state index in [1.807, 2.05) is 14.2 Å². The summed E-state index contributed by atoms with van der Waals surface area (Å²) in [5, 5.41) is 10.9. The van der Waals surface area contributed by atoms with E-state index in [0.717, 1.165) is 18.9 Å². The van der Waals surface area contributed by atoms with Crippen LogP contribution in [0.3, 0.4) is 0 Å². The highest BCUT2D eigenvalue weighted by molar-refractivity contribution is 5.15.